The van der Waals surface area contributed by atoms with Crippen molar-refractivity contribution in [1.82, 2.24) is 0 Å². The van der Waals surface area contributed by atoms with Gasteiger partial charge >= 0.3 is 0 Å². The number of carbonyl (C=O) groups excluding carboxylic acids is 1. The van der Waals surface area contributed by atoms with Gasteiger partial charge in [0.2, 0.25) is 0 Å². The van der Waals surface area contributed by atoms with Crippen molar-refractivity contribution in [2.75, 3.05) is 28.0 Å². The number of hydrogen-bond donors (Lipinski definition) is 2. The quantitative estimate of drug-likeness (QED) is 0.378. The number of nitrogens with zero attached hydrogens (tertiary/aromatic N) is 2. The van der Waals surface area contributed by atoms with Crippen molar-refractivity contribution in [3.8, 4) is 0 Å². The maximum atomic E-state index is 12.7. The molecule has 0 aliphatic carbocycles. The number of sulfonamides is 1. The first kappa shape index (κ1) is 23.2. The van der Waals surface area contributed by atoms with Gasteiger partial charge in [-0.2, -0.15) is 0 Å². The van der Waals surface area contributed by atoms with Crippen LogP contribution in [0.5, 0.6) is 0 Å². The molecule has 1 aliphatic heterocycles. The minimum Gasteiger partial charge on any atom is -0.366 e. The molecule has 2 N–H and O–H groups in total. The molecular weight excluding hydrogens is 456 g/mol. The van der Waals surface area contributed by atoms with Crippen molar-refractivity contribution >= 4 is 38.7 Å². The molecular formula is C24H24N4O5S. The number of nitro groups is 1. The minimum atomic E-state index is -3.74. The van der Waals surface area contributed by atoms with E-state index < -0.39 is 20.9 Å². The number of anilines is 3. The third kappa shape index (κ3) is 5.18. The highest BCUT2D eigenvalue weighted by molar-refractivity contribution is 7.92. The zero-order chi connectivity index (χ0) is 24.3. The van der Waals surface area contributed by atoms with Gasteiger partial charge in [-0.05, 0) is 68.3 Å². The van der Waals surface area contributed by atoms with Gasteiger partial charge in [-0.25, -0.2) is 8.42 Å². The van der Waals surface area contributed by atoms with Crippen LogP contribution >= 0.6 is 0 Å². The monoisotopic (exact) mass is 480 g/mol. The summed E-state index contributed by atoms with van der Waals surface area (Å²) in [7, 11) is -3.74. The van der Waals surface area contributed by atoms with Crippen LogP contribution in [0, 0.1) is 17.0 Å². The van der Waals surface area contributed by atoms with Crippen molar-refractivity contribution in [3.63, 3.8) is 0 Å². The normalized spacial score (nSPS) is 13.5. The second kappa shape index (κ2) is 9.52. The predicted octanol–water partition coefficient (Wildman–Crippen LogP) is 4.56. The molecule has 0 aromatic heterocycles. The largest absolute Gasteiger partial charge is 0.366 e. The topological polar surface area (TPSA) is 122 Å². The van der Waals surface area contributed by atoms with E-state index >= 15 is 0 Å². The molecule has 1 fully saturated rings. The standard InChI is InChI=1S/C24H24N4O5S/c1-17-4-11-21(12-5-17)34(32,33)26-20-9-7-19(8-10-20)25-24(29)18-6-13-22(23(16-18)28(30)31)27-14-2-3-15-27/h4-13,16,26H,2-3,14-15H2,1H3,(H,25,29). The first-order valence-electron chi connectivity index (χ1n) is 10.8. The highest BCUT2D eigenvalue weighted by Crippen LogP contribution is 2.32. The Bertz CT molecular complexity index is 1320. The van der Waals surface area contributed by atoms with Gasteiger partial charge < -0.3 is 10.2 Å². The van der Waals surface area contributed by atoms with E-state index in [-0.39, 0.29) is 16.1 Å². The first-order chi connectivity index (χ1) is 16.2. The molecule has 1 saturated heterocycles. The van der Waals surface area contributed by atoms with Gasteiger partial charge in [-0.1, -0.05) is 17.7 Å². The predicted molar refractivity (Wildman–Crippen MR) is 131 cm³/mol. The molecule has 34 heavy (non-hydrogen) atoms. The van der Waals surface area contributed by atoms with E-state index in [1.54, 1.807) is 36.4 Å². The summed E-state index contributed by atoms with van der Waals surface area (Å²) in [6.45, 7) is 3.38. The summed E-state index contributed by atoms with van der Waals surface area (Å²) in [5.74, 6) is -0.496. The van der Waals surface area contributed by atoms with Crippen LogP contribution < -0.4 is 14.9 Å². The molecule has 4 rings (SSSR count). The number of amides is 1. The fourth-order valence-corrected chi connectivity index (χ4v) is 4.85. The fourth-order valence-electron chi connectivity index (χ4n) is 3.79. The second-order valence-electron chi connectivity index (χ2n) is 8.10. The summed E-state index contributed by atoms with van der Waals surface area (Å²) in [5, 5.41) is 14.3. The maximum Gasteiger partial charge on any atom is 0.293 e. The molecule has 176 valence electrons. The van der Waals surface area contributed by atoms with Crippen molar-refractivity contribution in [2.24, 2.45) is 0 Å². The Labute approximate surface area is 197 Å². The first-order valence-corrected chi connectivity index (χ1v) is 12.3. The molecule has 0 saturated carbocycles. The van der Waals surface area contributed by atoms with E-state index in [1.165, 1.54) is 30.3 Å². The number of aryl methyl sites for hydroxylation is 1. The van der Waals surface area contributed by atoms with E-state index in [0.29, 0.717) is 17.1 Å². The van der Waals surface area contributed by atoms with Gasteiger partial charge in [-0.15, -0.1) is 0 Å². The summed E-state index contributed by atoms with van der Waals surface area (Å²) in [6.07, 6.45) is 1.97. The molecule has 3 aromatic carbocycles. The second-order valence-corrected chi connectivity index (χ2v) is 9.79. The van der Waals surface area contributed by atoms with Crippen molar-refractivity contribution in [3.05, 3.63) is 88.0 Å². The summed E-state index contributed by atoms with van der Waals surface area (Å²) in [5.41, 5.74) is 2.30. The number of rotatable bonds is 7. The summed E-state index contributed by atoms with van der Waals surface area (Å²) in [6, 6.07) is 17.1. The highest BCUT2D eigenvalue weighted by atomic mass is 32.2. The van der Waals surface area contributed by atoms with Crippen LogP contribution in [-0.4, -0.2) is 32.3 Å². The van der Waals surface area contributed by atoms with Crippen LogP contribution in [0.25, 0.3) is 0 Å². The Balaban J connectivity index is 1.46. The third-order valence-corrected chi connectivity index (χ3v) is 7.00. The third-order valence-electron chi connectivity index (χ3n) is 5.61. The van der Waals surface area contributed by atoms with E-state index in [0.717, 1.165) is 31.5 Å². The molecule has 1 aliphatic rings. The lowest BCUT2D eigenvalue weighted by Crippen LogP contribution is -2.19. The van der Waals surface area contributed by atoms with Gasteiger partial charge in [0.05, 0.1) is 9.82 Å². The smallest absolute Gasteiger partial charge is 0.293 e. The molecule has 0 bridgehead atoms. The molecule has 1 amide bonds. The Hall–Kier alpha value is -3.92. The summed E-state index contributed by atoms with van der Waals surface area (Å²) < 4.78 is 27.6. The van der Waals surface area contributed by atoms with Gasteiger partial charge in [0, 0.05) is 36.1 Å². The molecule has 0 unspecified atom stereocenters. The van der Waals surface area contributed by atoms with Crippen LogP contribution in [0.1, 0.15) is 28.8 Å². The van der Waals surface area contributed by atoms with Crippen molar-refractivity contribution in [1.29, 1.82) is 0 Å². The van der Waals surface area contributed by atoms with E-state index in [2.05, 4.69) is 10.0 Å². The molecule has 9 nitrogen and oxygen atoms in total. The van der Waals surface area contributed by atoms with Gasteiger partial charge in [0.15, 0.2) is 0 Å². The van der Waals surface area contributed by atoms with Crippen molar-refractivity contribution < 1.29 is 18.1 Å². The average Bonchev–Trinajstić information content (AvgIpc) is 3.35. The van der Waals surface area contributed by atoms with Crippen LogP contribution in [0.2, 0.25) is 0 Å². The lowest BCUT2D eigenvalue weighted by atomic mass is 10.1. The van der Waals surface area contributed by atoms with Crippen LogP contribution in [-0.2, 0) is 10.0 Å². The Morgan fingerprint density at radius 1 is 0.941 bits per heavy atom. The Kier molecular flexibility index (Phi) is 6.51. The Morgan fingerprint density at radius 3 is 2.18 bits per heavy atom. The van der Waals surface area contributed by atoms with E-state index in [9.17, 15) is 23.3 Å². The van der Waals surface area contributed by atoms with E-state index in [4.69, 9.17) is 0 Å². The highest BCUT2D eigenvalue weighted by Gasteiger charge is 2.24. The zero-order valence-corrected chi connectivity index (χ0v) is 19.3. The average molecular weight is 481 g/mol. The minimum absolute atomic E-state index is 0.101. The molecule has 0 spiro atoms. The zero-order valence-electron chi connectivity index (χ0n) is 18.5. The van der Waals surface area contributed by atoms with Gasteiger partial charge in [0.1, 0.15) is 5.69 Å². The van der Waals surface area contributed by atoms with Crippen LogP contribution in [0.15, 0.2) is 71.6 Å². The SMILES string of the molecule is Cc1ccc(S(=O)(=O)Nc2ccc(NC(=O)c3ccc(N4CCCC4)c([N+](=O)[O-])c3)cc2)cc1. The van der Waals surface area contributed by atoms with Crippen LogP contribution in [0.4, 0.5) is 22.7 Å². The molecule has 1 heterocycles. The van der Waals surface area contributed by atoms with Gasteiger partial charge in [0.25, 0.3) is 21.6 Å². The van der Waals surface area contributed by atoms with E-state index in [1.807, 2.05) is 11.8 Å². The lowest BCUT2D eigenvalue weighted by molar-refractivity contribution is -0.384. The summed E-state index contributed by atoms with van der Waals surface area (Å²) in [4.78, 5) is 25.9. The Morgan fingerprint density at radius 2 is 1.56 bits per heavy atom. The maximum absolute atomic E-state index is 12.7. The molecule has 0 atom stereocenters. The number of nitrogens with one attached hydrogen (secondary N) is 2. The van der Waals surface area contributed by atoms with Gasteiger partial charge in [-0.3, -0.25) is 19.6 Å². The lowest BCUT2D eigenvalue weighted by Gasteiger charge is -2.17. The number of nitro benzene ring substituents is 1. The summed E-state index contributed by atoms with van der Waals surface area (Å²) >= 11 is 0. The molecule has 10 heteroatoms. The number of carbonyl (C=O) groups is 1. The van der Waals surface area contributed by atoms with Crippen LogP contribution in [0.3, 0.4) is 0 Å². The van der Waals surface area contributed by atoms with Crippen molar-refractivity contribution in [2.45, 2.75) is 24.7 Å². The number of benzene rings is 3. The molecule has 0 radical (unpaired) electrons. The molecule has 3 aromatic rings. The number of hydrogen-bond acceptors (Lipinski definition) is 6. The fraction of sp³-hybridized carbons (Fsp3) is 0.208.